The average molecular weight is 267 g/mol. The van der Waals surface area contributed by atoms with Gasteiger partial charge >= 0.3 is 0 Å². The maximum Gasteiger partial charge on any atom is 0.282 e. The van der Waals surface area contributed by atoms with Gasteiger partial charge < -0.3 is 10.6 Å². The normalized spacial score (nSPS) is 18.3. The summed E-state index contributed by atoms with van der Waals surface area (Å²) >= 11 is 0. The molecule has 1 aromatic rings. The molecule has 102 valence electrons. The monoisotopic (exact) mass is 267 g/mol. The first-order chi connectivity index (χ1) is 9.08. The Labute approximate surface area is 109 Å². The lowest BCUT2D eigenvalue weighted by Crippen LogP contribution is -2.30. The van der Waals surface area contributed by atoms with Gasteiger partial charge in [0.05, 0.1) is 4.92 Å². The highest BCUT2D eigenvalue weighted by molar-refractivity contribution is 5.98. The zero-order valence-electron chi connectivity index (χ0n) is 10.2. The van der Waals surface area contributed by atoms with Crippen LogP contribution < -0.4 is 10.6 Å². The average Bonchev–Trinajstić information content (AvgIpc) is 2.88. The molecule has 0 spiro atoms. The van der Waals surface area contributed by atoms with Crippen LogP contribution in [0.1, 0.15) is 16.8 Å². The van der Waals surface area contributed by atoms with Crippen LogP contribution in [0, 0.1) is 21.8 Å². The zero-order chi connectivity index (χ0) is 13.8. The van der Waals surface area contributed by atoms with Crippen LogP contribution >= 0.6 is 0 Å². The fourth-order valence-corrected chi connectivity index (χ4v) is 2.07. The summed E-state index contributed by atoms with van der Waals surface area (Å²) in [4.78, 5) is 22.0. The van der Waals surface area contributed by atoms with Gasteiger partial charge in [0.15, 0.2) is 0 Å². The number of nitrogens with zero attached hydrogens (tertiary/aromatic N) is 1. The molecule has 1 atom stereocenters. The largest absolute Gasteiger partial charge is 0.351 e. The molecule has 2 rings (SSSR count). The van der Waals surface area contributed by atoms with Gasteiger partial charge in [0.25, 0.3) is 11.6 Å². The van der Waals surface area contributed by atoms with E-state index in [-0.39, 0.29) is 11.3 Å². The summed E-state index contributed by atoms with van der Waals surface area (Å²) in [6, 6.07) is 2.86. The molecule has 0 radical (unpaired) electrons. The fraction of sp³-hybridized carbons (Fsp3) is 0.417. The van der Waals surface area contributed by atoms with Crippen molar-refractivity contribution in [3.8, 4) is 0 Å². The van der Waals surface area contributed by atoms with E-state index in [0.717, 1.165) is 37.7 Å². The van der Waals surface area contributed by atoms with Gasteiger partial charge in [-0.05, 0) is 37.6 Å². The molecule has 6 nitrogen and oxygen atoms in total. The molecule has 19 heavy (non-hydrogen) atoms. The van der Waals surface area contributed by atoms with Crippen molar-refractivity contribution >= 4 is 11.6 Å². The summed E-state index contributed by atoms with van der Waals surface area (Å²) in [6.45, 7) is 2.14. The standard InChI is InChI=1S/C12H14FN3O3/c13-9-1-2-11(16(18)19)10(5-9)12(17)15-7-8-3-4-14-6-8/h1-2,5,8,14H,3-4,6-7H2,(H,15,17). The van der Waals surface area contributed by atoms with Crippen molar-refractivity contribution in [2.24, 2.45) is 5.92 Å². The first-order valence-corrected chi connectivity index (χ1v) is 6.01. The Bertz CT molecular complexity index is 501. The van der Waals surface area contributed by atoms with Crippen LogP contribution in [-0.4, -0.2) is 30.5 Å². The summed E-state index contributed by atoms with van der Waals surface area (Å²) in [5.41, 5.74) is -0.626. The minimum Gasteiger partial charge on any atom is -0.351 e. The number of carbonyl (C=O) groups is 1. The molecule has 0 saturated carbocycles. The Morgan fingerprint density at radius 3 is 3.00 bits per heavy atom. The molecule has 1 fully saturated rings. The van der Waals surface area contributed by atoms with Gasteiger partial charge in [0.2, 0.25) is 0 Å². The number of hydrogen-bond acceptors (Lipinski definition) is 4. The van der Waals surface area contributed by atoms with Gasteiger partial charge in [-0.3, -0.25) is 14.9 Å². The SMILES string of the molecule is O=C(NCC1CCNC1)c1cc(F)ccc1[N+](=O)[O-]. The number of amides is 1. The third-order valence-electron chi connectivity index (χ3n) is 3.11. The number of rotatable bonds is 4. The van der Waals surface area contributed by atoms with Crippen molar-refractivity contribution in [3.05, 3.63) is 39.7 Å². The van der Waals surface area contributed by atoms with E-state index in [0.29, 0.717) is 12.5 Å². The number of hydrogen-bond donors (Lipinski definition) is 2. The molecular weight excluding hydrogens is 253 g/mol. The smallest absolute Gasteiger partial charge is 0.282 e. The third kappa shape index (κ3) is 3.25. The van der Waals surface area contributed by atoms with Crippen molar-refractivity contribution in [1.82, 2.24) is 10.6 Å². The highest BCUT2D eigenvalue weighted by Crippen LogP contribution is 2.19. The van der Waals surface area contributed by atoms with Gasteiger partial charge in [0.1, 0.15) is 11.4 Å². The quantitative estimate of drug-likeness (QED) is 0.631. The number of carbonyl (C=O) groups excluding carboxylic acids is 1. The second-order valence-corrected chi connectivity index (χ2v) is 4.49. The van der Waals surface area contributed by atoms with E-state index >= 15 is 0 Å². The molecule has 1 amide bonds. The van der Waals surface area contributed by atoms with Crippen molar-refractivity contribution in [3.63, 3.8) is 0 Å². The first-order valence-electron chi connectivity index (χ1n) is 6.01. The van der Waals surface area contributed by atoms with Crippen molar-refractivity contribution in [1.29, 1.82) is 0 Å². The molecule has 1 aromatic carbocycles. The molecule has 1 unspecified atom stereocenters. The van der Waals surface area contributed by atoms with E-state index < -0.39 is 16.6 Å². The fourth-order valence-electron chi connectivity index (χ4n) is 2.07. The van der Waals surface area contributed by atoms with E-state index in [4.69, 9.17) is 0 Å². The lowest BCUT2D eigenvalue weighted by atomic mass is 10.1. The number of nitro groups is 1. The molecule has 7 heteroatoms. The van der Waals surface area contributed by atoms with Crippen LogP contribution in [-0.2, 0) is 0 Å². The van der Waals surface area contributed by atoms with E-state index in [2.05, 4.69) is 10.6 Å². The molecule has 1 heterocycles. The van der Waals surface area contributed by atoms with Crippen molar-refractivity contribution < 1.29 is 14.1 Å². The molecular formula is C12H14FN3O3. The van der Waals surface area contributed by atoms with Crippen LogP contribution in [0.2, 0.25) is 0 Å². The Morgan fingerprint density at radius 1 is 1.58 bits per heavy atom. The second-order valence-electron chi connectivity index (χ2n) is 4.49. The third-order valence-corrected chi connectivity index (χ3v) is 3.11. The van der Waals surface area contributed by atoms with Crippen LogP contribution in [0.15, 0.2) is 18.2 Å². The summed E-state index contributed by atoms with van der Waals surface area (Å²) in [6.07, 6.45) is 0.950. The van der Waals surface area contributed by atoms with E-state index in [1.807, 2.05) is 0 Å². The van der Waals surface area contributed by atoms with Crippen molar-refractivity contribution in [2.45, 2.75) is 6.42 Å². The lowest BCUT2D eigenvalue weighted by molar-refractivity contribution is -0.385. The van der Waals surface area contributed by atoms with Gasteiger partial charge in [0, 0.05) is 12.6 Å². The molecule has 2 N–H and O–H groups in total. The predicted molar refractivity (Wildman–Crippen MR) is 66.4 cm³/mol. The zero-order valence-corrected chi connectivity index (χ0v) is 10.2. The number of benzene rings is 1. The summed E-state index contributed by atoms with van der Waals surface area (Å²) < 4.78 is 13.1. The maximum absolute atomic E-state index is 13.1. The second kappa shape index (κ2) is 5.75. The van der Waals surface area contributed by atoms with E-state index in [1.54, 1.807) is 0 Å². The highest BCUT2D eigenvalue weighted by atomic mass is 19.1. The minimum absolute atomic E-state index is 0.240. The van der Waals surface area contributed by atoms with Gasteiger partial charge in [-0.25, -0.2) is 4.39 Å². The summed E-state index contributed by atoms with van der Waals surface area (Å²) in [5.74, 6) is -0.965. The number of nitro benzene ring substituents is 1. The van der Waals surface area contributed by atoms with Crippen LogP contribution in [0.4, 0.5) is 10.1 Å². The van der Waals surface area contributed by atoms with Gasteiger partial charge in [-0.15, -0.1) is 0 Å². The van der Waals surface area contributed by atoms with Crippen molar-refractivity contribution in [2.75, 3.05) is 19.6 Å². The van der Waals surface area contributed by atoms with Crippen LogP contribution in [0.25, 0.3) is 0 Å². The molecule has 1 saturated heterocycles. The number of halogens is 1. The van der Waals surface area contributed by atoms with E-state index in [9.17, 15) is 19.3 Å². The van der Waals surface area contributed by atoms with Gasteiger partial charge in [-0.2, -0.15) is 0 Å². The van der Waals surface area contributed by atoms with Crippen LogP contribution in [0.3, 0.4) is 0 Å². The Hall–Kier alpha value is -2.02. The topological polar surface area (TPSA) is 84.3 Å². The summed E-state index contributed by atoms with van der Waals surface area (Å²) in [7, 11) is 0. The molecule has 1 aliphatic heterocycles. The van der Waals surface area contributed by atoms with E-state index in [1.165, 1.54) is 0 Å². The molecule has 0 aromatic heterocycles. The maximum atomic E-state index is 13.1. The first kappa shape index (κ1) is 13.4. The highest BCUT2D eigenvalue weighted by Gasteiger charge is 2.22. The molecule has 0 aliphatic carbocycles. The Kier molecular flexibility index (Phi) is 4.06. The molecule has 0 bridgehead atoms. The minimum atomic E-state index is -0.689. The number of nitrogens with one attached hydrogen (secondary N) is 2. The van der Waals surface area contributed by atoms with Crippen LogP contribution in [0.5, 0.6) is 0 Å². The van der Waals surface area contributed by atoms with Gasteiger partial charge in [-0.1, -0.05) is 0 Å². The Morgan fingerprint density at radius 2 is 2.37 bits per heavy atom. The molecule has 1 aliphatic rings. The Balaban J connectivity index is 2.08. The predicted octanol–water partition coefficient (Wildman–Crippen LogP) is 1.07. The lowest BCUT2D eigenvalue weighted by Gasteiger charge is -2.10. The summed E-state index contributed by atoms with van der Waals surface area (Å²) in [5, 5.41) is 16.6.